The number of nitriles is 1. The van der Waals surface area contributed by atoms with Gasteiger partial charge in [-0.2, -0.15) is 5.26 Å². The molecule has 0 heterocycles. The van der Waals surface area contributed by atoms with E-state index in [1.165, 1.54) is 6.08 Å². The summed E-state index contributed by atoms with van der Waals surface area (Å²) in [6.07, 6.45) is 1.52. The molecule has 0 unspecified atom stereocenters. The van der Waals surface area contributed by atoms with Crippen molar-refractivity contribution >= 4 is 44.4 Å². The van der Waals surface area contributed by atoms with Crippen LogP contribution in [0.1, 0.15) is 16.7 Å². The van der Waals surface area contributed by atoms with Gasteiger partial charge in [-0.1, -0.05) is 70.5 Å². The Hall–Kier alpha value is -4.08. The minimum absolute atomic E-state index is 0.0290. The fourth-order valence-electron chi connectivity index (χ4n) is 3.73. The molecule has 35 heavy (non-hydrogen) atoms. The van der Waals surface area contributed by atoms with Crippen LogP contribution in [0.5, 0.6) is 11.5 Å². The van der Waals surface area contributed by atoms with Crippen molar-refractivity contribution in [1.29, 1.82) is 5.26 Å². The van der Waals surface area contributed by atoms with Crippen LogP contribution in [0.2, 0.25) is 0 Å². The van der Waals surface area contributed by atoms with E-state index in [0.29, 0.717) is 33.8 Å². The molecule has 0 aromatic heterocycles. The molecule has 4 aromatic carbocycles. The van der Waals surface area contributed by atoms with Crippen LogP contribution in [-0.2, 0) is 11.4 Å². The normalized spacial score (nSPS) is 11.1. The van der Waals surface area contributed by atoms with E-state index in [2.05, 4.69) is 39.4 Å². The first-order valence-corrected chi connectivity index (χ1v) is 11.7. The lowest BCUT2D eigenvalue weighted by molar-refractivity contribution is -0.112. The Bertz CT molecular complexity index is 1470. The van der Waals surface area contributed by atoms with Crippen molar-refractivity contribution in [2.75, 3.05) is 12.4 Å². The molecule has 0 fully saturated rings. The second-order valence-corrected chi connectivity index (χ2v) is 8.80. The summed E-state index contributed by atoms with van der Waals surface area (Å²) in [6, 6.07) is 27.2. The summed E-state index contributed by atoms with van der Waals surface area (Å²) in [5, 5.41) is 14.7. The SMILES string of the molecule is COc1cc(/C=C(/C#N)C(=O)Nc2cccc(C)c2)c(Br)cc1OCc1cccc2ccccc12. The van der Waals surface area contributed by atoms with Gasteiger partial charge in [0.25, 0.3) is 5.91 Å². The van der Waals surface area contributed by atoms with Crippen molar-refractivity contribution < 1.29 is 14.3 Å². The molecular weight excluding hydrogens is 504 g/mol. The van der Waals surface area contributed by atoms with Gasteiger partial charge in [0.1, 0.15) is 18.2 Å². The first-order valence-electron chi connectivity index (χ1n) is 11.0. The Balaban J connectivity index is 1.57. The highest BCUT2D eigenvalue weighted by Gasteiger charge is 2.14. The second kappa shape index (κ2) is 10.9. The number of hydrogen-bond acceptors (Lipinski definition) is 4. The van der Waals surface area contributed by atoms with Crippen LogP contribution in [-0.4, -0.2) is 13.0 Å². The maximum absolute atomic E-state index is 12.7. The monoisotopic (exact) mass is 526 g/mol. The maximum Gasteiger partial charge on any atom is 0.266 e. The summed E-state index contributed by atoms with van der Waals surface area (Å²) in [4.78, 5) is 12.7. The molecule has 0 bridgehead atoms. The first kappa shape index (κ1) is 24.1. The lowest BCUT2D eigenvalue weighted by atomic mass is 10.1. The highest BCUT2D eigenvalue weighted by molar-refractivity contribution is 9.10. The topological polar surface area (TPSA) is 71.3 Å². The molecule has 0 aliphatic carbocycles. The van der Waals surface area contributed by atoms with Gasteiger partial charge in [0.15, 0.2) is 11.5 Å². The predicted octanol–water partition coefficient (Wildman–Crippen LogP) is 7.04. The summed E-state index contributed by atoms with van der Waals surface area (Å²) in [7, 11) is 1.55. The highest BCUT2D eigenvalue weighted by atomic mass is 79.9. The minimum atomic E-state index is -0.486. The number of nitrogens with one attached hydrogen (secondary N) is 1. The number of methoxy groups -OCH3 is 1. The lowest BCUT2D eigenvalue weighted by Crippen LogP contribution is -2.13. The zero-order chi connectivity index (χ0) is 24.8. The van der Waals surface area contributed by atoms with Crippen molar-refractivity contribution in [3.05, 3.63) is 106 Å². The zero-order valence-corrected chi connectivity index (χ0v) is 20.9. The quantitative estimate of drug-likeness (QED) is 0.207. The summed E-state index contributed by atoms with van der Waals surface area (Å²) in [5.41, 5.74) is 3.29. The standard InChI is InChI=1S/C29H23BrN2O3/c1-19-7-5-11-24(13-19)32-29(33)23(17-31)14-22-15-27(34-2)28(16-26(22)30)35-18-21-10-6-9-20-8-3-4-12-25(20)21/h3-16H,18H2,1-2H3,(H,32,33)/b23-14-. The maximum atomic E-state index is 12.7. The van der Waals surface area contributed by atoms with E-state index in [-0.39, 0.29) is 5.57 Å². The number of amides is 1. The number of halogens is 1. The van der Waals surface area contributed by atoms with Crippen molar-refractivity contribution in [1.82, 2.24) is 0 Å². The molecule has 0 radical (unpaired) electrons. The fraction of sp³-hybridized carbons (Fsp3) is 0.103. The van der Waals surface area contributed by atoms with Gasteiger partial charge in [-0.25, -0.2) is 0 Å². The van der Waals surface area contributed by atoms with E-state index < -0.39 is 5.91 Å². The number of ether oxygens (including phenoxy) is 2. The predicted molar refractivity (Wildman–Crippen MR) is 142 cm³/mol. The van der Waals surface area contributed by atoms with Gasteiger partial charge >= 0.3 is 0 Å². The molecule has 0 aliphatic rings. The van der Waals surface area contributed by atoms with E-state index in [0.717, 1.165) is 21.9 Å². The number of nitrogens with zero attached hydrogens (tertiary/aromatic N) is 1. The van der Waals surface area contributed by atoms with E-state index in [1.54, 1.807) is 25.3 Å². The van der Waals surface area contributed by atoms with Crippen LogP contribution in [0, 0.1) is 18.3 Å². The Morgan fingerprint density at radius 1 is 1.03 bits per heavy atom. The number of carbonyl (C=O) groups excluding carboxylic acids is 1. The third kappa shape index (κ3) is 5.71. The van der Waals surface area contributed by atoms with Crippen LogP contribution in [0.4, 0.5) is 5.69 Å². The van der Waals surface area contributed by atoms with Gasteiger partial charge in [0.05, 0.1) is 7.11 Å². The van der Waals surface area contributed by atoms with Crippen LogP contribution in [0.3, 0.4) is 0 Å². The highest BCUT2D eigenvalue weighted by Crippen LogP contribution is 2.35. The number of benzene rings is 4. The van der Waals surface area contributed by atoms with Gasteiger partial charge in [0.2, 0.25) is 0 Å². The Kier molecular flexibility index (Phi) is 7.49. The number of fused-ring (bicyclic) bond motifs is 1. The number of anilines is 1. The third-order valence-corrected chi connectivity index (χ3v) is 6.17. The third-order valence-electron chi connectivity index (χ3n) is 5.49. The van der Waals surface area contributed by atoms with Gasteiger partial charge < -0.3 is 14.8 Å². The minimum Gasteiger partial charge on any atom is -0.493 e. The molecule has 1 N–H and O–H groups in total. The van der Waals surface area contributed by atoms with E-state index in [9.17, 15) is 10.1 Å². The van der Waals surface area contributed by atoms with Crippen molar-refractivity contribution in [2.24, 2.45) is 0 Å². The molecule has 0 saturated carbocycles. The second-order valence-electron chi connectivity index (χ2n) is 7.94. The molecule has 0 atom stereocenters. The lowest BCUT2D eigenvalue weighted by Gasteiger charge is -2.14. The Morgan fingerprint density at radius 3 is 2.57 bits per heavy atom. The summed E-state index contributed by atoms with van der Waals surface area (Å²) in [6.45, 7) is 2.30. The van der Waals surface area contributed by atoms with Crippen LogP contribution in [0.25, 0.3) is 16.8 Å². The average molecular weight is 527 g/mol. The van der Waals surface area contributed by atoms with Gasteiger partial charge in [0, 0.05) is 10.2 Å². The molecule has 6 heteroatoms. The number of aryl methyl sites for hydroxylation is 1. The average Bonchev–Trinajstić information content (AvgIpc) is 2.86. The Morgan fingerprint density at radius 2 is 1.80 bits per heavy atom. The van der Waals surface area contributed by atoms with E-state index >= 15 is 0 Å². The van der Waals surface area contributed by atoms with E-state index in [1.807, 2.05) is 55.5 Å². The van der Waals surface area contributed by atoms with E-state index in [4.69, 9.17) is 9.47 Å². The first-order chi connectivity index (χ1) is 17.0. The summed E-state index contributed by atoms with van der Waals surface area (Å²) < 4.78 is 12.3. The van der Waals surface area contributed by atoms with Crippen LogP contribution >= 0.6 is 15.9 Å². The number of hydrogen-bond donors (Lipinski definition) is 1. The Labute approximate surface area is 212 Å². The molecule has 174 valence electrons. The number of carbonyl (C=O) groups is 1. The van der Waals surface area contributed by atoms with Crippen LogP contribution < -0.4 is 14.8 Å². The van der Waals surface area contributed by atoms with Crippen LogP contribution in [0.15, 0.2) is 88.9 Å². The molecule has 0 spiro atoms. The molecular formula is C29H23BrN2O3. The van der Waals surface area contributed by atoms with Gasteiger partial charge in [-0.15, -0.1) is 0 Å². The van der Waals surface area contributed by atoms with Crippen molar-refractivity contribution in [2.45, 2.75) is 13.5 Å². The smallest absolute Gasteiger partial charge is 0.266 e. The summed E-state index contributed by atoms with van der Waals surface area (Å²) >= 11 is 3.54. The molecule has 0 aliphatic heterocycles. The molecule has 5 nitrogen and oxygen atoms in total. The summed E-state index contributed by atoms with van der Waals surface area (Å²) in [5.74, 6) is 0.559. The molecule has 1 amide bonds. The van der Waals surface area contributed by atoms with Crippen molar-refractivity contribution in [3.8, 4) is 17.6 Å². The molecule has 4 aromatic rings. The van der Waals surface area contributed by atoms with Gasteiger partial charge in [-0.05, 0) is 64.7 Å². The number of rotatable bonds is 7. The molecule has 4 rings (SSSR count). The largest absolute Gasteiger partial charge is 0.493 e. The fourth-order valence-corrected chi connectivity index (χ4v) is 4.17. The van der Waals surface area contributed by atoms with Crippen molar-refractivity contribution in [3.63, 3.8) is 0 Å². The van der Waals surface area contributed by atoms with Gasteiger partial charge in [-0.3, -0.25) is 4.79 Å². The zero-order valence-electron chi connectivity index (χ0n) is 19.3. The molecule has 0 saturated heterocycles.